The van der Waals surface area contributed by atoms with E-state index in [4.69, 9.17) is 4.74 Å². The highest BCUT2D eigenvalue weighted by molar-refractivity contribution is 5.95. The maximum absolute atomic E-state index is 12.6. The SMILES string of the molecule is Cc1nc(C2CC2)ccc1C(=O)N(C)CCC1CCOCC1. The molecule has 0 spiro atoms. The van der Waals surface area contributed by atoms with Gasteiger partial charge in [0.1, 0.15) is 0 Å². The van der Waals surface area contributed by atoms with Crippen LogP contribution in [-0.2, 0) is 4.74 Å². The Kier molecular flexibility index (Phi) is 4.77. The van der Waals surface area contributed by atoms with Crippen LogP contribution in [0.2, 0.25) is 0 Å². The zero-order chi connectivity index (χ0) is 15.5. The molecule has 0 atom stereocenters. The third-order valence-electron chi connectivity index (χ3n) is 4.89. The van der Waals surface area contributed by atoms with Crippen LogP contribution in [0.5, 0.6) is 0 Å². The zero-order valence-electron chi connectivity index (χ0n) is 13.7. The number of amides is 1. The Hall–Kier alpha value is -1.42. The third kappa shape index (κ3) is 3.67. The second-order valence-electron chi connectivity index (χ2n) is 6.71. The van der Waals surface area contributed by atoms with Crippen LogP contribution >= 0.6 is 0 Å². The summed E-state index contributed by atoms with van der Waals surface area (Å²) in [5.41, 5.74) is 2.77. The number of rotatable bonds is 5. The number of ether oxygens (including phenoxy) is 1. The molecule has 1 saturated heterocycles. The molecule has 1 saturated carbocycles. The van der Waals surface area contributed by atoms with E-state index in [0.717, 1.165) is 56.0 Å². The fraction of sp³-hybridized carbons (Fsp3) is 0.667. The Bertz CT molecular complexity index is 534. The van der Waals surface area contributed by atoms with E-state index in [1.807, 2.05) is 31.0 Å². The maximum atomic E-state index is 12.6. The third-order valence-corrected chi connectivity index (χ3v) is 4.89. The number of nitrogens with zero attached hydrogens (tertiary/aromatic N) is 2. The first kappa shape index (κ1) is 15.5. The van der Waals surface area contributed by atoms with E-state index in [1.165, 1.54) is 12.8 Å². The molecule has 1 aromatic heterocycles. The summed E-state index contributed by atoms with van der Waals surface area (Å²) in [4.78, 5) is 19.1. The van der Waals surface area contributed by atoms with E-state index in [9.17, 15) is 4.79 Å². The number of pyridine rings is 1. The molecule has 2 aliphatic rings. The number of carbonyl (C=O) groups is 1. The van der Waals surface area contributed by atoms with Gasteiger partial charge < -0.3 is 9.64 Å². The summed E-state index contributed by atoms with van der Waals surface area (Å²) < 4.78 is 5.39. The minimum Gasteiger partial charge on any atom is -0.381 e. The van der Waals surface area contributed by atoms with Crippen molar-refractivity contribution in [3.8, 4) is 0 Å². The summed E-state index contributed by atoms with van der Waals surface area (Å²) in [6.07, 6.45) is 5.80. The van der Waals surface area contributed by atoms with E-state index in [0.29, 0.717) is 11.8 Å². The Morgan fingerprint density at radius 3 is 2.64 bits per heavy atom. The van der Waals surface area contributed by atoms with Crippen LogP contribution in [0.15, 0.2) is 12.1 Å². The second kappa shape index (κ2) is 6.78. The zero-order valence-corrected chi connectivity index (χ0v) is 13.7. The molecule has 0 bridgehead atoms. The van der Waals surface area contributed by atoms with E-state index in [-0.39, 0.29) is 5.91 Å². The van der Waals surface area contributed by atoms with Gasteiger partial charge in [-0.3, -0.25) is 9.78 Å². The summed E-state index contributed by atoms with van der Waals surface area (Å²) in [6, 6.07) is 3.99. The van der Waals surface area contributed by atoms with Crippen molar-refractivity contribution in [2.24, 2.45) is 5.92 Å². The van der Waals surface area contributed by atoms with Gasteiger partial charge in [0.2, 0.25) is 0 Å². The summed E-state index contributed by atoms with van der Waals surface area (Å²) in [5, 5.41) is 0. The molecule has 0 unspecified atom stereocenters. The van der Waals surface area contributed by atoms with Gasteiger partial charge in [0, 0.05) is 38.4 Å². The van der Waals surface area contributed by atoms with Gasteiger partial charge >= 0.3 is 0 Å². The van der Waals surface area contributed by atoms with Crippen molar-refractivity contribution in [2.75, 3.05) is 26.8 Å². The van der Waals surface area contributed by atoms with Crippen LogP contribution < -0.4 is 0 Å². The summed E-state index contributed by atoms with van der Waals surface area (Å²) >= 11 is 0. The molecule has 22 heavy (non-hydrogen) atoms. The molecule has 1 aromatic rings. The Balaban J connectivity index is 1.57. The quantitative estimate of drug-likeness (QED) is 0.839. The van der Waals surface area contributed by atoms with E-state index in [1.54, 1.807) is 0 Å². The molecular weight excluding hydrogens is 276 g/mol. The predicted octanol–water partition coefficient (Wildman–Crippen LogP) is 3.16. The normalized spacial score (nSPS) is 19.2. The molecule has 120 valence electrons. The van der Waals surface area contributed by atoms with E-state index in [2.05, 4.69) is 4.98 Å². The minimum absolute atomic E-state index is 0.0967. The highest BCUT2D eigenvalue weighted by atomic mass is 16.5. The summed E-state index contributed by atoms with van der Waals surface area (Å²) in [6.45, 7) is 4.50. The van der Waals surface area contributed by atoms with Gasteiger partial charge in [-0.15, -0.1) is 0 Å². The molecule has 2 heterocycles. The Morgan fingerprint density at radius 1 is 1.27 bits per heavy atom. The monoisotopic (exact) mass is 302 g/mol. The Labute approximate surface area is 132 Å². The molecule has 1 aliphatic carbocycles. The molecule has 0 aromatic carbocycles. The molecule has 0 N–H and O–H groups in total. The summed E-state index contributed by atoms with van der Waals surface area (Å²) in [7, 11) is 1.90. The lowest BCUT2D eigenvalue weighted by Crippen LogP contribution is -2.30. The van der Waals surface area contributed by atoms with Gasteiger partial charge in [-0.05, 0) is 57.1 Å². The summed E-state index contributed by atoms with van der Waals surface area (Å²) in [5.74, 6) is 1.42. The van der Waals surface area contributed by atoms with Gasteiger partial charge in [0.15, 0.2) is 0 Å². The van der Waals surface area contributed by atoms with Crippen molar-refractivity contribution < 1.29 is 9.53 Å². The fourth-order valence-electron chi connectivity index (χ4n) is 3.13. The minimum atomic E-state index is 0.0967. The standard InChI is InChI=1S/C18H26N2O2/c1-13-16(5-6-17(19-13)15-3-4-15)18(21)20(2)10-7-14-8-11-22-12-9-14/h5-6,14-15H,3-4,7-12H2,1-2H3. The highest BCUT2D eigenvalue weighted by Crippen LogP contribution is 2.39. The van der Waals surface area contributed by atoms with Crippen LogP contribution in [0.4, 0.5) is 0 Å². The highest BCUT2D eigenvalue weighted by Gasteiger charge is 2.26. The van der Waals surface area contributed by atoms with E-state index >= 15 is 0 Å². The average Bonchev–Trinajstić information content (AvgIpc) is 3.38. The topological polar surface area (TPSA) is 42.4 Å². The van der Waals surface area contributed by atoms with E-state index < -0.39 is 0 Å². The first-order valence-electron chi connectivity index (χ1n) is 8.46. The van der Waals surface area contributed by atoms with Gasteiger partial charge in [0.25, 0.3) is 5.91 Å². The van der Waals surface area contributed by atoms with Crippen molar-refractivity contribution in [1.29, 1.82) is 0 Å². The largest absolute Gasteiger partial charge is 0.381 e. The van der Waals surface area contributed by atoms with Gasteiger partial charge in [0.05, 0.1) is 11.3 Å². The lowest BCUT2D eigenvalue weighted by molar-refractivity contribution is 0.0583. The molecule has 3 rings (SSSR count). The molecule has 1 amide bonds. The molecule has 0 radical (unpaired) electrons. The van der Waals surface area contributed by atoms with Crippen molar-refractivity contribution in [2.45, 2.75) is 44.9 Å². The molecular formula is C18H26N2O2. The lowest BCUT2D eigenvalue weighted by atomic mass is 9.96. The first-order valence-corrected chi connectivity index (χ1v) is 8.46. The molecule has 4 nitrogen and oxygen atoms in total. The van der Waals surface area contributed by atoms with Crippen molar-refractivity contribution in [1.82, 2.24) is 9.88 Å². The Morgan fingerprint density at radius 2 is 2.00 bits per heavy atom. The van der Waals surface area contributed by atoms with Crippen molar-refractivity contribution in [3.05, 3.63) is 29.1 Å². The number of hydrogen-bond donors (Lipinski definition) is 0. The van der Waals surface area contributed by atoms with Gasteiger partial charge in [-0.1, -0.05) is 0 Å². The number of aryl methyl sites for hydroxylation is 1. The van der Waals surface area contributed by atoms with Crippen LogP contribution in [-0.4, -0.2) is 42.6 Å². The van der Waals surface area contributed by atoms with Crippen molar-refractivity contribution in [3.63, 3.8) is 0 Å². The lowest BCUT2D eigenvalue weighted by Gasteiger charge is -2.25. The molecule has 4 heteroatoms. The van der Waals surface area contributed by atoms with Crippen LogP contribution in [0.1, 0.15) is 59.8 Å². The number of aromatic nitrogens is 1. The molecule has 1 aliphatic heterocycles. The fourth-order valence-corrected chi connectivity index (χ4v) is 3.13. The maximum Gasteiger partial charge on any atom is 0.255 e. The van der Waals surface area contributed by atoms with Gasteiger partial charge in [-0.2, -0.15) is 0 Å². The average molecular weight is 302 g/mol. The van der Waals surface area contributed by atoms with Crippen LogP contribution in [0.25, 0.3) is 0 Å². The van der Waals surface area contributed by atoms with Gasteiger partial charge in [-0.25, -0.2) is 0 Å². The van der Waals surface area contributed by atoms with Crippen molar-refractivity contribution >= 4 is 5.91 Å². The number of hydrogen-bond acceptors (Lipinski definition) is 3. The molecule has 2 fully saturated rings. The van der Waals surface area contributed by atoms with Crippen LogP contribution in [0.3, 0.4) is 0 Å². The smallest absolute Gasteiger partial charge is 0.255 e. The number of carbonyl (C=O) groups excluding carboxylic acids is 1. The predicted molar refractivity (Wildman–Crippen MR) is 86.1 cm³/mol. The van der Waals surface area contributed by atoms with Crippen LogP contribution in [0, 0.1) is 12.8 Å². The first-order chi connectivity index (χ1) is 10.6. The second-order valence-corrected chi connectivity index (χ2v) is 6.71.